The van der Waals surface area contributed by atoms with E-state index < -0.39 is 16.1 Å². The second-order valence-electron chi connectivity index (χ2n) is 5.19. The fourth-order valence-electron chi connectivity index (χ4n) is 2.38. The van der Waals surface area contributed by atoms with E-state index in [4.69, 9.17) is 5.73 Å². The highest BCUT2D eigenvalue weighted by molar-refractivity contribution is 9.10. The third-order valence-electron chi connectivity index (χ3n) is 3.51. The molecule has 2 rings (SSSR count). The van der Waals surface area contributed by atoms with Gasteiger partial charge in [-0.1, -0.05) is 0 Å². The molecule has 1 fully saturated rings. The molecule has 0 radical (unpaired) electrons. The summed E-state index contributed by atoms with van der Waals surface area (Å²) in [6, 6.07) is 3.85. The van der Waals surface area contributed by atoms with E-state index in [-0.39, 0.29) is 10.8 Å². The minimum atomic E-state index is -3.71. The molecule has 1 aliphatic heterocycles. The van der Waals surface area contributed by atoms with Crippen molar-refractivity contribution >= 4 is 37.5 Å². The summed E-state index contributed by atoms with van der Waals surface area (Å²) < 4.78 is 27.3. The van der Waals surface area contributed by atoms with Crippen LogP contribution in [-0.2, 0) is 14.8 Å². The van der Waals surface area contributed by atoms with Crippen molar-refractivity contribution in [1.82, 2.24) is 9.21 Å². The highest BCUT2D eigenvalue weighted by atomic mass is 79.9. The smallest absolute Gasteiger partial charge is 0.243 e. The summed E-state index contributed by atoms with van der Waals surface area (Å²) in [6.07, 6.45) is 1.23. The van der Waals surface area contributed by atoms with Crippen LogP contribution in [0.25, 0.3) is 0 Å². The molecule has 0 bridgehead atoms. The van der Waals surface area contributed by atoms with Gasteiger partial charge in [-0.05, 0) is 47.0 Å². The molecule has 1 amide bonds. The van der Waals surface area contributed by atoms with Crippen molar-refractivity contribution < 1.29 is 13.2 Å². The molecule has 21 heavy (non-hydrogen) atoms. The molecule has 0 aromatic heterocycles. The van der Waals surface area contributed by atoms with Crippen molar-refractivity contribution in [1.29, 1.82) is 0 Å². The summed E-state index contributed by atoms with van der Waals surface area (Å²) in [7, 11) is -0.445. The number of amides is 1. The Morgan fingerprint density at radius 1 is 1.43 bits per heavy atom. The van der Waals surface area contributed by atoms with Gasteiger partial charge in [0.15, 0.2) is 0 Å². The number of halogens is 1. The molecule has 8 heteroatoms. The fourth-order valence-corrected chi connectivity index (χ4v) is 4.58. The third kappa shape index (κ3) is 3.07. The summed E-state index contributed by atoms with van der Waals surface area (Å²) >= 11 is 3.23. The summed E-state index contributed by atoms with van der Waals surface area (Å²) in [6.45, 7) is 0.356. The van der Waals surface area contributed by atoms with Crippen LogP contribution in [0.5, 0.6) is 0 Å². The van der Waals surface area contributed by atoms with Gasteiger partial charge >= 0.3 is 0 Å². The summed E-state index contributed by atoms with van der Waals surface area (Å²) in [5.74, 6) is -0.189. The topological polar surface area (TPSA) is 83.7 Å². The zero-order valence-electron chi connectivity index (χ0n) is 11.9. The zero-order valence-corrected chi connectivity index (χ0v) is 14.3. The van der Waals surface area contributed by atoms with Crippen LogP contribution in [0.4, 0.5) is 5.69 Å². The Balaban J connectivity index is 2.38. The molecule has 1 atom stereocenters. The molecular weight excluding hydrogens is 358 g/mol. The Morgan fingerprint density at radius 3 is 2.67 bits per heavy atom. The number of nitrogens with two attached hydrogens (primary N) is 1. The van der Waals surface area contributed by atoms with Crippen molar-refractivity contribution in [3.05, 3.63) is 22.7 Å². The van der Waals surface area contributed by atoms with Crippen LogP contribution >= 0.6 is 15.9 Å². The van der Waals surface area contributed by atoms with Crippen LogP contribution in [-0.4, -0.2) is 50.2 Å². The number of benzene rings is 1. The van der Waals surface area contributed by atoms with Crippen molar-refractivity contribution in [2.45, 2.75) is 23.8 Å². The Morgan fingerprint density at radius 2 is 2.10 bits per heavy atom. The molecule has 1 heterocycles. The molecule has 0 saturated carbocycles. The number of nitrogens with zero attached hydrogens (tertiary/aromatic N) is 2. The van der Waals surface area contributed by atoms with Crippen LogP contribution in [0.15, 0.2) is 27.6 Å². The number of anilines is 1. The van der Waals surface area contributed by atoms with Gasteiger partial charge in [0.25, 0.3) is 0 Å². The standard InChI is InChI=1S/C13H18BrN3O3S/c1-16(2)13(18)12-4-3-7-17(12)21(19,20)9-5-6-11(15)10(14)8-9/h5-6,8,12H,3-4,7,15H2,1-2H3. The maximum absolute atomic E-state index is 12.7. The number of carbonyl (C=O) groups excluding carboxylic acids is 1. The second kappa shape index (κ2) is 5.94. The SMILES string of the molecule is CN(C)C(=O)C1CCCN1S(=O)(=O)c1ccc(N)c(Br)c1. The quantitative estimate of drug-likeness (QED) is 0.806. The van der Waals surface area contributed by atoms with Gasteiger partial charge < -0.3 is 10.6 Å². The van der Waals surface area contributed by atoms with E-state index in [0.717, 1.165) is 0 Å². The van der Waals surface area contributed by atoms with Crippen LogP contribution in [0.1, 0.15) is 12.8 Å². The number of carbonyl (C=O) groups is 1. The first-order valence-corrected chi connectivity index (χ1v) is 8.76. The van der Waals surface area contributed by atoms with E-state index in [9.17, 15) is 13.2 Å². The van der Waals surface area contributed by atoms with E-state index >= 15 is 0 Å². The van der Waals surface area contributed by atoms with Crippen molar-refractivity contribution in [3.63, 3.8) is 0 Å². The van der Waals surface area contributed by atoms with Gasteiger partial charge in [-0.25, -0.2) is 8.42 Å². The van der Waals surface area contributed by atoms with Crippen molar-refractivity contribution in [2.75, 3.05) is 26.4 Å². The Bertz CT molecular complexity index is 661. The number of sulfonamides is 1. The average Bonchev–Trinajstić information content (AvgIpc) is 2.90. The lowest BCUT2D eigenvalue weighted by Gasteiger charge is -2.25. The lowest BCUT2D eigenvalue weighted by atomic mass is 10.2. The highest BCUT2D eigenvalue weighted by Gasteiger charge is 2.40. The zero-order chi connectivity index (χ0) is 15.8. The molecule has 2 N–H and O–H groups in total. The lowest BCUT2D eigenvalue weighted by molar-refractivity contribution is -0.132. The van der Waals surface area contributed by atoms with Crippen LogP contribution < -0.4 is 5.73 Å². The van der Waals surface area contributed by atoms with Gasteiger partial charge in [0.2, 0.25) is 15.9 Å². The maximum Gasteiger partial charge on any atom is 0.243 e. The Hall–Kier alpha value is -1.12. The Kier molecular flexibility index (Phi) is 4.60. The predicted octanol–water partition coefficient (Wildman–Crippen LogP) is 1.27. The van der Waals surface area contributed by atoms with Gasteiger partial charge in [0.1, 0.15) is 6.04 Å². The van der Waals surface area contributed by atoms with Crippen LogP contribution in [0.3, 0.4) is 0 Å². The van der Waals surface area contributed by atoms with Crippen LogP contribution in [0.2, 0.25) is 0 Å². The minimum absolute atomic E-state index is 0.141. The molecule has 1 aromatic carbocycles. The highest BCUT2D eigenvalue weighted by Crippen LogP contribution is 2.30. The number of hydrogen-bond acceptors (Lipinski definition) is 4. The first-order chi connectivity index (χ1) is 9.75. The van der Waals surface area contributed by atoms with Gasteiger partial charge in [0.05, 0.1) is 4.90 Å². The van der Waals surface area contributed by atoms with Crippen molar-refractivity contribution in [2.24, 2.45) is 0 Å². The molecule has 1 aliphatic rings. The first kappa shape index (κ1) is 16.3. The summed E-state index contributed by atoms with van der Waals surface area (Å²) in [4.78, 5) is 13.7. The number of likely N-dealkylation sites (N-methyl/N-ethyl adjacent to an activating group) is 1. The van der Waals surface area contributed by atoms with E-state index in [2.05, 4.69) is 15.9 Å². The summed E-state index contributed by atoms with van der Waals surface area (Å²) in [5.41, 5.74) is 6.15. The lowest BCUT2D eigenvalue weighted by Crippen LogP contribution is -2.45. The molecule has 0 aliphatic carbocycles. The molecule has 1 saturated heterocycles. The maximum atomic E-state index is 12.7. The van der Waals surface area contributed by atoms with Gasteiger partial charge in [-0.3, -0.25) is 4.79 Å². The van der Waals surface area contributed by atoms with E-state index in [1.165, 1.54) is 27.4 Å². The normalized spacial score (nSPS) is 19.7. The average molecular weight is 376 g/mol. The van der Waals surface area contributed by atoms with Gasteiger partial charge in [0, 0.05) is 30.8 Å². The number of nitrogen functional groups attached to an aromatic ring is 1. The van der Waals surface area contributed by atoms with E-state index in [0.29, 0.717) is 29.5 Å². The monoisotopic (exact) mass is 375 g/mol. The second-order valence-corrected chi connectivity index (χ2v) is 7.93. The largest absolute Gasteiger partial charge is 0.398 e. The molecule has 116 valence electrons. The van der Waals surface area contributed by atoms with E-state index in [1.807, 2.05) is 0 Å². The third-order valence-corrected chi connectivity index (χ3v) is 6.10. The number of rotatable bonds is 3. The van der Waals surface area contributed by atoms with Crippen molar-refractivity contribution in [3.8, 4) is 0 Å². The first-order valence-electron chi connectivity index (χ1n) is 6.53. The number of hydrogen-bond donors (Lipinski definition) is 1. The van der Waals surface area contributed by atoms with Crippen LogP contribution in [0, 0.1) is 0 Å². The van der Waals surface area contributed by atoms with Gasteiger partial charge in [-0.15, -0.1) is 0 Å². The summed E-state index contributed by atoms with van der Waals surface area (Å²) in [5, 5.41) is 0. The molecule has 6 nitrogen and oxygen atoms in total. The minimum Gasteiger partial charge on any atom is -0.398 e. The van der Waals surface area contributed by atoms with Gasteiger partial charge in [-0.2, -0.15) is 4.31 Å². The fraction of sp³-hybridized carbons (Fsp3) is 0.462. The predicted molar refractivity (Wildman–Crippen MR) is 84.2 cm³/mol. The Labute approximate surface area is 133 Å². The molecule has 1 unspecified atom stereocenters. The molecular formula is C13H18BrN3O3S. The molecule has 1 aromatic rings. The van der Waals surface area contributed by atoms with E-state index in [1.54, 1.807) is 14.1 Å². The molecule has 0 spiro atoms.